The molecule has 0 unspecified atom stereocenters. The predicted molar refractivity (Wildman–Crippen MR) is 114 cm³/mol. The molecule has 3 nitrogen and oxygen atoms in total. The monoisotopic (exact) mass is 371 g/mol. The molecule has 4 heteroatoms. The molecule has 0 bridgehead atoms. The summed E-state index contributed by atoms with van der Waals surface area (Å²) >= 11 is 0. The van der Waals surface area contributed by atoms with Crippen molar-refractivity contribution in [3.63, 3.8) is 0 Å². The van der Waals surface area contributed by atoms with E-state index in [-0.39, 0.29) is 5.56 Å². The van der Waals surface area contributed by atoms with Gasteiger partial charge in [-0.05, 0) is 39.3 Å². The predicted octanol–water partition coefficient (Wildman–Crippen LogP) is 5.85. The van der Waals surface area contributed by atoms with Crippen molar-refractivity contribution >= 4 is 0 Å². The van der Waals surface area contributed by atoms with Crippen LogP contribution in [0.2, 0.25) is 0 Å². The third-order valence-electron chi connectivity index (χ3n) is 3.18. The third kappa shape index (κ3) is 11.4. The number of allylic oxidation sites excluding steroid dienone is 8. The average Bonchev–Trinajstić information content (AvgIpc) is 2.60. The van der Waals surface area contributed by atoms with Gasteiger partial charge in [0.05, 0.1) is 12.2 Å². The van der Waals surface area contributed by atoms with E-state index in [1.54, 1.807) is 36.8 Å². The molecule has 1 rings (SSSR count). The van der Waals surface area contributed by atoms with Crippen LogP contribution in [0.4, 0.5) is 4.39 Å². The Morgan fingerprint density at radius 3 is 2.52 bits per heavy atom. The van der Waals surface area contributed by atoms with Crippen molar-refractivity contribution < 1.29 is 9.13 Å². The first-order valence-corrected chi connectivity index (χ1v) is 8.72. The standard InChI is InChI=1S/C18H23NO2.C5H7F/c1-5-6-7-8-9-10-13-21-17-11-12-19(14-15(2)3)18(20)16(17)4;1-3-4-5(2)6/h5-9,11-12H,1-2,10,13-14H2,3-4H3;3-4H,2H2,1H3/b7-6-,9-8-;4-3-. The van der Waals surface area contributed by atoms with Gasteiger partial charge in [0.15, 0.2) is 0 Å². The number of rotatable bonds is 9. The normalized spacial score (nSPS) is 10.8. The molecule has 0 fully saturated rings. The zero-order chi connectivity index (χ0) is 20.7. The van der Waals surface area contributed by atoms with Crippen LogP contribution in [-0.2, 0) is 6.54 Å². The Labute approximate surface area is 162 Å². The first-order chi connectivity index (χ1) is 12.8. The quantitative estimate of drug-likeness (QED) is 0.310. The van der Waals surface area contributed by atoms with Gasteiger partial charge in [0.2, 0.25) is 0 Å². The molecule has 0 aromatic carbocycles. The zero-order valence-electron chi connectivity index (χ0n) is 16.6. The summed E-state index contributed by atoms with van der Waals surface area (Å²) in [6.07, 6.45) is 14.9. The van der Waals surface area contributed by atoms with Crippen LogP contribution in [0.15, 0.2) is 90.7 Å². The van der Waals surface area contributed by atoms with Gasteiger partial charge in [-0.1, -0.05) is 61.8 Å². The number of aromatic nitrogens is 1. The van der Waals surface area contributed by atoms with Crippen LogP contribution >= 0.6 is 0 Å². The molecule has 1 aromatic rings. The Balaban J connectivity index is 0.000000972. The summed E-state index contributed by atoms with van der Waals surface area (Å²) in [6, 6.07) is 1.83. The lowest BCUT2D eigenvalue weighted by molar-refractivity contribution is 0.321. The molecule has 146 valence electrons. The second kappa shape index (κ2) is 14.3. The van der Waals surface area contributed by atoms with Crippen molar-refractivity contribution in [3.8, 4) is 5.75 Å². The summed E-state index contributed by atoms with van der Waals surface area (Å²) < 4.78 is 18.7. The molecule has 0 saturated carbocycles. The average molecular weight is 371 g/mol. The molecule has 0 aliphatic heterocycles. The fraction of sp³-hybridized carbons (Fsp3) is 0.261. The van der Waals surface area contributed by atoms with Crippen LogP contribution in [0, 0.1) is 6.92 Å². The van der Waals surface area contributed by atoms with E-state index in [1.807, 2.05) is 37.3 Å². The highest BCUT2D eigenvalue weighted by atomic mass is 19.1. The maximum atomic E-state index is 12.1. The number of pyridine rings is 1. The second-order valence-electron chi connectivity index (χ2n) is 5.83. The molecule has 1 heterocycles. The highest BCUT2D eigenvalue weighted by molar-refractivity contribution is 5.29. The molecule has 0 spiro atoms. The number of ether oxygens (including phenoxy) is 1. The summed E-state index contributed by atoms with van der Waals surface area (Å²) in [4.78, 5) is 12.1. The Hall–Kier alpha value is -2.88. The third-order valence-corrected chi connectivity index (χ3v) is 3.18. The summed E-state index contributed by atoms with van der Waals surface area (Å²) in [6.45, 7) is 16.9. The molecule has 27 heavy (non-hydrogen) atoms. The smallest absolute Gasteiger partial charge is 0.257 e. The molecule has 0 atom stereocenters. The van der Waals surface area contributed by atoms with Crippen LogP contribution in [-0.4, -0.2) is 11.2 Å². The minimum Gasteiger partial charge on any atom is -0.493 e. The van der Waals surface area contributed by atoms with E-state index in [9.17, 15) is 9.18 Å². The summed E-state index contributed by atoms with van der Waals surface area (Å²) in [5.74, 6) is 0.255. The minimum absolute atomic E-state index is 0.0278. The van der Waals surface area contributed by atoms with Crippen LogP contribution in [0.25, 0.3) is 0 Å². The maximum absolute atomic E-state index is 12.1. The van der Waals surface area contributed by atoms with Gasteiger partial charge in [-0.25, -0.2) is 4.39 Å². The van der Waals surface area contributed by atoms with Crippen molar-refractivity contribution in [1.29, 1.82) is 0 Å². The van der Waals surface area contributed by atoms with E-state index >= 15 is 0 Å². The molecular weight excluding hydrogens is 341 g/mol. The Morgan fingerprint density at radius 2 is 2.00 bits per heavy atom. The van der Waals surface area contributed by atoms with Crippen molar-refractivity contribution in [1.82, 2.24) is 4.57 Å². The maximum Gasteiger partial charge on any atom is 0.257 e. The molecule has 0 saturated heterocycles. The summed E-state index contributed by atoms with van der Waals surface area (Å²) in [5.41, 5.74) is 1.55. The van der Waals surface area contributed by atoms with Crippen molar-refractivity contribution in [2.75, 3.05) is 6.61 Å². The van der Waals surface area contributed by atoms with E-state index in [2.05, 4.69) is 19.7 Å². The first kappa shape index (κ1) is 24.1. The van der Waals surface area contributed by atoms with E-state index in [4.69, 9.17) is 4.74 Å². The lowest BCUT2D eigenvalue weighted by Crippen LogP contribution is -2.22. The summed E-state index contributed by atoms with van der Waals surface area (Å²) in [7, 11) is 0. The first-order valence-electron chi connectivity index (χ1n) is 8.72. The van der Waals surface area contributed by atoms with E-state index in [0.29, 0.717) is 24.5 Å². The Kier molecular flexibility index (Phi) is 12.8. The number of nitrogens with zero attached hydrogens (tertiary/aromatic N) is 1. The fourth-order valence-corrected chi connectivity index (χ4v) is 1.98. The number of halogens is 1. The van der Waals surface area contributed by atoms with Gasteiger partial charge >= 0.3 is 0 Å². The number of hydrogen-bond acceptors (Lipinski definition) is 2. The van der Waals surface area contributed by atoms with Gasteiger partial charge < -0.3 is 9.30 Å². The van der Waals surface area contributed by atoms with Gasteiger partial charge in [0, 0.05) is 12.7 Å². The lowest BCUT2D eigenvalue weighted by atomic mass is 10.2. The van der Waals surface area contributed by atoms with E-state index < -0.39 is 5.83 Å². The van der Waals surface area contributed by atoms with Gasteiger partial charge in [-0.15, -0.1) is 0 Å². The van der Waals surface area contributed by atoms with Crippen LogP contribution in [0.5, 0.6) is 5.75 Å². The van der Waals surface area contributed by atoms with Crippen LogP contribution in [0.3, 0.4) is 0 Å². The molecule has 0 aliphatic rings. The Bertz CT molecular complexity index is 767. The summed E-state index contributed by atoms with van der Waals surface area (Å²) in [5, 5.41) is 0. The molecular formula is C23H30FNO2. The molecule has 0 amide bonds. The lowest BCUT2D eigenvalue weighted by Gasteiger charge is -2.11. The number of hydrogen-bond donors (Lipinski definition) is 0. The van der Waals surface area contributed by atoms with Crippen molar-refractivity contribution in [3.05, 3.63) is 102 Å². The fourth-order valence-electron chi connectivity index (χ4n) is 1.98. The topological polar surface area (TPSA) is 31.2 Å². The largest absolute Gasteiger partial charge is 0.493 e. The molecule has 0 aliphatic carbocycles. The minimum atomic E-state index is -0.391. The van der Waals surface area contributed by atoms with E-state index in [0.717, 1.165) is 12.0 Å². The SMILES string of the molecule is C=C(F)/C=C\C.C=C/C=C\C=C/CCOc1ccn(CC(=C)C)c(=O)c1C. The second-order valence-corrected chi connectivity index (χ2v) is 5.83. The molecule has 0 radical (unpaired) electrons. The highest BCUT2D eigenvalue weighted by Gasteiger charge is 2.06. The van der Waals surface area contributed by atoms with Crippen molar-refractivity contribution in [2.24, 2.45) is 0 Å². The highest BCUT2D eigenvalue weighted by Crippen LogP contribution is 2.13. The Morgan fingerprint density at radius 1 is 1.30 bits per heavy atom. The van der Waals surface area contributed by atoms with E-state index in [1.165, 1.54) is 6.08 Å². The van der Waals surface area contributed by atoms with Crippen LogP contribution < -0.4 is 10.3 Å². The van der Waals surface area contributed by atoms with Gasteiger partial charge in [-0.2, -0.15) is 0 Å². The van der Waals surface area contributed by atoms with Crippen LogP contribution in [0.1, 0.15) is 25.8 Å². The molecule has 1 aromatic heterocycles. The molecule has 0 N–H and O–H groups in total. The van der Waals surface area contributed by atoms with Gasteiger partial charge in [0.25, 0.3) is 5.56 Å². The van der Waals surface area contributed by atoms with Gasteiger partial charge in [-0.3, -0.25) is 4.79 Å². The zero-order valence-corrected chi connectivity index (χ0v) is 16.6. The van der Waals surface area contributed by atoms with Gasteiger partial charge in [0.1, 0.15) is 11.6 Å². The van der Waals surface area contributed by atoms with Crippen molar-refractivity contribution in [2.45, 2.75) is 33.7 Å².